The van der Waals surface area contributed by atoms with Crippen molar-refractivity contribution in [2.45, 2.75) is 0 Å². The van der Waals surface area contributed by atoms with E-state index >= 15 is 0 Å². The van der Waals surface area contributed by atoms with E-state index in [1.807, 2.05) is 0 Å². The molecule has 0 aliphatic heterocycles. The number of nitrogens with zero attached hydrogens (tertiary/aromatic N) is 1. The normalized spacial score (nSPS) is 9.95. The summed E-state index contributed by atoms with van der Waals surface area (Å²) in [6, 6.07) is 6.35. The van der Waals surface area contributed by atoms with Gasteiger partial charge < -0.3 is 20.2 Å². The van der Waals surface area contributed by atoms with E-state index in [-0.39, 0.29) is 17.3 Å². The smallest absolute Gasteiger partial charge is 0.339 e. The van der Waals surface area contributed by atoms with Gasteiger partial charge in [0.25, 0.3) is 11.9 Å². The van der Waals surface area contributed by atoms with Crippen LogP contribution in [0.3, 0.4) is 0 Å². The van der Waals surface area contributed by atoms with Gasteiger partial charge in [-0.05, 0) is 12.1 Å². The molecule has 0 atom stereocenters. The highest BCUT2D eigenvalue weighted by Crippen LogP contribution is 2.17. The number of oxazole rings is 1. The van der Waals surface area contributed by atoms with E-state index in [4.69, 9.17) is 10.2 Å². The summed E-state index contributed by atoms with van der Waals surface area (Å²) >= 11 is 0. The molecule has 2 rings (SSSR count). The third-order valence-corrected chi connectivity index (χ3v) is 2.34. The predicted octanol–water partition coefficient (Wildman–Crippen LogP) is 1.30. The number of benzene rings is 1. The molecule has 1 aromatic heterocycles. The fraction of sp³-hybridized carbons (Fsp3) is 0.0833. The Morgan fingerprint density at radius 2 is 2.11 bits per heavy atom. The second kappa shape index (κ2) is 5.21. The van der Waals surface area contributed by atoms with Gasteiger partial charge in [0, 0.05) is 0 Å². The maximum atomic E-state index is 11.8. The molecule has 0 bridgehead atoms. The monoisotopic (exact) mass is 261 g/mol. The van der Waals surface area contributed by atoms with Crippen LogP contribution in [0, 0.1) is 0 Å². The van der Waals surface area contributed by atoms with Crippen LogP contribution in [0.1, 0.15) is 20.8 Å². The summed E-state index contributed by atoms with van der Waals surface area (Å²) in [5, 5.41) is 2.54. The lowest BCUT2D eigenvalue weighted by atomic mass is 10.2. The van der Waals surface area contributed by atoms with Crippen molar-refractivity contribution in [3.05, 3.63) is 41.8 Å². The maximum absolute atomic E-state index is 11.8. The number of nitrogens with two attached hydrogens (primary N) is 1. The fourth-order valence-corrected chi connectivity index (χ4v) is 1.46. The first kappa shape index (κ1) is 12.6. The first-order valence-corrected chi connectivity index (χ1v) is 5.31. The molecule has 2 aromatic rings. The molecule has 0 spiro atoms. The van der Waals surface area contributed by atoms with Crippen LogP contribution in [0.2, 0.25) is 0 Å². The summed E-state index contributed by atoms with van der Waals surface area (Å²) in [6.07, 6.45) is 1.13. The Morgan fingerprint density at radius 3 is 2.74 bits per heavy atom. The van der Waals surface area contributed by atoms with E-state index in [0.29, 0.717) is 5.69 Å². The third-order valence-electron chi connectivity index (χ3n) is 2.34. The average molecular weight is 261 g/mol. The first-order chi connectivity index (χ1) is 9.11. The average Bonchev–Trinajstić information content (AvgIpc) is 2.85. The van der Waals surface area contributed by atoms with Crippen molar-refractivity contribution in [2.24, 2.45) is 0 Å². The van der Waals surface area contributed by atoms with Crippen LogP contribution in [0.15, 0.2) is 34.9 Å². The Labute approximate surface area is 108 Å². The van der Waals surface area contributed by atoms with Crippen LogP contribution in [-0.4, -0.2) is 24.0 Å². The van der Waals surface area contributed by atoms with Crippen LogP contribution in [0.4, 0.5) is 11.7 Å². The highest BCUT2D eigenvalue weighted by Gasteiger charge is 2.16. The number of aromatic nitrogens is 1. The van der Waals surface area contributed by atoms with Gasteiger partial charge in [-0.15, -0.1) is 0 Å². The van der Waals surface area contributed by atoms with Crippen molar-refractivity contribution in [2.75, 3.05) is 18.2 Å². The van der Waals surface area contributed by atoms with Gasteiger partial charge in [-0.3, -0.25) is 4.79 Å². The minimum Gasteiger partial charge on any atom is -0.465 e. The first-order valence-electron chi connectivity index (χ1n) is 5.31. The Bertz CT molecular complexity index is 621. The second-order valence-corrected chi connectivity index (χ2v) is 3.56. The maximum Gasteiger partial charge on any atom is 0.339 e. The van der Waals surface area contributed by atoms with Crippen molar-refractivity contribution in [3.63, 3.8) is 0 Å². The number of para-hydroxylation sites is 1. The molecule has 98 valence electrons. The number of carbonyl (C=O) groups excluding carboxylic acids is 2. The van der Waals surface area contributed by atoms with Gasteiger partial charge >= 0.3 is 5.97 Å². The van der Waals surface area contributed by atoms with Crippen LogP contribution >= 0.6 is 0 Å². The number of amides is 1. The summed E-state index contributed by atoms with van der Waals surface area (Å²) in [4.78, 5) is 27.1. The minimum atomic E-state index is -0.546. The molecular weight excluding hydrogens is 250 g/mol. The van der Waals surface area contributed by atoms with Crippen molar-refractivity contribution in [1.82, 2.24) is 4.98 Å². The standard InChI is InChI=1S/C12H11N3O4/c1-18-11(17)7-4-2-3-5-8(7)14-10(16)9-6-19-12(13)15-9/h2-6H,1H3,(H2,13,15)(H,14,16). The van der Waals surface area contributed by atoms with Gasteiger partial charge in [0.2, 0.25) is 0 Å². The molecule has 0 unspecified atom stereocenters. The van der Waals surface area contributed by atoms with E-state index in [1.54, 1.807) is 24.3 Å². The highest BCUT2D eigenvalue weighted by molar-refractivity contribution is 6.07. The summed E-state index contributed by atoms with van der Waals surface area (Å²) < 4.78 is 9.36. The van der Waals surface area contributed by atoms with E-state index < -0.39 is 11.9 Å². The molecule has 7 nitrogen and oxygen atoms in total. The Balaban J connectivity index is 2.24. The number of hydrogen-bond donors (Lipinski definition) is 2. The topological polar surface area (TPSA) is 107 Å². The Morgan fingerprint density at radius 1 is 1.37 bits per heavy atom. The van der Waals surface area contributed by atoms with Crippen LogP contribution in [-0.2, 0) is 4.74 Å². The minimum absolute atomic E-state index is 0.0252. The van der Waals surface area contributed by atoms with Crippen molar-refractivity contribution < 1.29 is 18.7 Å². The highest BCUT2D eigenvalue weighted by atomic mass is 16.5. The largest absolute Gasteiger partial charge is 0.465 e. The Kier molecular flexibility index (Phi) is 3.46. The van der Waals surface area contributed by atoms with E-state index in [9.17, 15) is 9.59 Å². The zero-order valence-corrected chi connectivity index (χ0v) is 10.0. The van der Waals surface area contributed by atoms with Gasteiger partial charge in [0.1, 0.15) is 6.26 Å². The molecule has 0 aliphatic carbocycles. The SMILES string of the molecule is COC(=O)c1ccccc1NC(=O)c1coc(N)n1. The lowest BCUT2D eigenvalue weighted by molar-refractivity contribution is 0.0602. The lowest BCUT2D eigenvalue weighted by Crippen LogP contribution is -2.15. The summed E-state index contributed by atoms with van der Waals surface area (Å²) in [7, 11) is 1.26. The molecule has 0 aliphatic rings. The number of nitrogens with one attached hydrogen (secondary N) is 1. The van der Waals surface area contributed by atoms with E-state index in [2.05, 4.69) is 15.0 Å². The van der Waals surface area contributed by atoms with Gasteiger partial charge in [-0.1, -0.05) is 12.1 Å². The van der Waals surface area contributed by atoms with Gasteiger partial charge in [-0.2, -0.15) is 4.98 Å². The lowest BCUT2D eigenvalue weighted by Gasteiger charge is -2.07. The molecule has 19 heavy (non-hydrogen) atoms. The molecule has 0 radical (unpaired) electrons. The molecule has 3 N–H and O–H groups in total. The molecule has 0 saturated carbocycles. The number of hydrogen-bond acceptors (Lipinski definition) is 6. The number of carbonyl (C=O) groups is 2. The summed E-state index contributed by atoms with van der Waals surface area (Å²) in [5.74, 6) is -1.08. The summed E-state index contributed by atoms with van der Waals surface area (Å²) in [6.45, 7) is 0. The quantitative estimate of drug-likeness (QED) is 0.806. The van der Waals surface area contributed by atoms with Crippen LogP contribution < -0.4 is 11.1 Å². The predicted molar refractivity (Wildman–Crippen MR) is 66.7 cm³/mol. The second-order valence-electron chi connectivity index (χ2n) is 3.56. The molecule has 7 heteroatoms. The van der Waals surface area contributed by atoms with Crippen molar-refractivity contribution in [1.29, 1.82) is 0 Å². The van der Waals surface area contributed by atoms with Crippen LogP contribution in [0.25, 0.3) is 0 Å². The van der Waals surface area contributed by atoms with E-state index in [1.165, 1.54) is 7.11 Å². The number of anilines is 2. The van der Waals surface area contributed by atoms with Crippen LogP contribution in [0.5, 0.6) is 0 Å². The fourth-order valence-electron chi connectivity index (χ4n) is 1.46. The van der Waals surface area contributed by atoms with Crippen molar-refractivity contribution in [3.8, 4) is 0 Å². The van der Waals surface area contributed by atoms with Gasteiger partial charge in [-0.25, -0.2) is 4.79 Å². The zero-order valence-electron chi connectivity index (χ0n) is 10.0. The molecule has 1 heterocycles. The number of methoxy groups -OCH3 is 1. The number of rotatable bonds is 3. The summed E-state index contributed by atoms with van der Waals surface area (Å²) in [5.41, 5.74) is 5.87. The van der Waals surface area contributed by atoms with Gasteiger partial charge in [0.15, 0.2) is 5.69 Å². The molecule has 0 fully saturated rings. The zero-order chi connectivity index (χ0) is 13.8. The molecular formula is C12H11N3O4. The van der Waals surface area contributed by atoms with Gasteiger partial charge in [0.05, 0.1) is 18.4 Å². The number of esters is 1. The van der Waals surface area contributed by atoms with E-state index in [0.717, 1.165) is 6.26 Å². The number of nitrogen functional groups attached to an aromatic ring is 1. The molecule has 0 saturated heterocycles. The Hall–Kier alpha value is -2.83. The third kappa shape index (κ3) is 2.71. The molecule has 1 aromatic carbocycles. The number of ether oxygens (including phenoxy) is 1. The van der Waals surface area contributed by atoms with Crippen molar-refractivity contribution >= 4 is 23.6 Å². The molecule has 1 amide bonds.